The fraction of sp³-hybridized carbons (Fsp3) is 0.0909. The summed E-state index contributed by atoms with van der Waals surface area (Å²) in [5.74, 6) is -1.65. The van der Waals surface area contributed by atoms with Gasteiger partial charge in [0.2, 0.25) is 0 Å². The first-order valence-electron chi connectivity index (χ1n) is 4.59. The van der Waals surface area contributed by atoms with Gasteiger partial charge < -0.3 is 15.2 Å². The van der Waals surface area contributed by atoms with Crippen LogP contribution in [0.3, 0.4) is 0 Å². The van der Waals surface area contributed by atoms with Crippen LogP contribution in [0.1, 0.15) is 16.1 Å². The number of pyridine rings is 1. The van der Waals surface area contributed by atoms with Crippen LogP contribution < -0.4 is 5.43 Å². The highest BCUT2D eigenvalue weighted by atomic mass is 16.4. The van der Waals surface area contributed by atoms with Crippen LogP contribution in [0.5, 0.6) is 5.75 Å². The number of aromatic nitrogens is 1. The molecule has 0 saturated carbocycles. The molecule has 0 aliphatic heterocycles. The lowest BCUT2D eigenvalue weighted by atomic mass is 10.1. The number of aromatic carboxylic acids is 1. The minimum atomic E-state index is -1.23. The molecule has 0 saturated heterocycles. The number of nitrogens with one attached hydrogen (secondary N) is 1. The molecule has 0 bridgehead atoms. The highest BCUT2D eigenvalue weighted by Gasteiger charge is 2.14. The Morgan fingerprint density at radius 2 is 2.06 bits per heavy atom. The van der Waals surface area contributed by atoms with E-state index >= 15 is 0 Å². The van der Waals surface area contributed by atoms with Gasteiger partial charge in [-0.15, -0.1) is 0 Å². The van der Waals surface area contributed by atoms with E-state index in [0.717, 1.165) is 0 Å². The number of carbonyl (C=O) groups is 1. The molecular weight excluding hydrogens is 210 g/mol. The Labute approximate surface area is 90.0 Å². The highest BCUT2D eigenvalue weighted by Crippen LogP contribution is 2.25. The second kappa shape index (κ2) is 3.37. The molecule has 0 aliphatic carbocycles. The Kier molecular flexibility index (Phi) is 2.16. The maximum atomic E-state index is 11.6. The predicted octanol–water partition coefficient (Wildman–Crippen LogP) is 1.24. The summed E-state index contributed by atoms with van der Waals surface area (Å²) in [6.45, 7) is 1.66. The molecule has 0 spiro atoms. The molecule has 0 atom stereocenters. The van der Waals surface area contributed by atoms with Crippen LogP contribution in [0.15, 0.2) is 23.0 Å². The summed E-state index contributed by atoms with van der Waals surface area (Å²) < 4.78 is 0. The van der Waals surface area contributed by atoms with E-state index in [2.05, 4.69) is 4.98 Å². The van der Waals surface area contributed by atoms with Crippen molar-refractivity contribution in [3.8, 4) is 5.75 Å². The lowest BCUT2D eigenvalue weighted by Crippen LogP contribution is -2.05. The van der Waals surface area contributed by atoms with Gasteiger partial charge in [0.1, 0.15) is 5.56 Å². The fourth-order valence-electron chi connectivity index (χ4n) is 1.60. The summed E-state index contributed by atoms with van der Waals surface area (Å²) in [6.07, 6.45) is 0. The lowest BCUT2D eigenvalue weighted by Gasteiger charge is -2.05. The molecule has 0 unspecified atom stereocenters. The van der Waals surface area contributed by atoms with Crippen LogP contribution in [0.25, 0.3) is 10.9 Å². The van der Waals surface area contributed by atoms with Crippen LogP contribution in [-0.2, 0) is 0 Å². The van der Waals surface area contributed by atoms with Crippen LogP contribution in [0, 0.1) is 6.92 Å². The number of carboxylic acid groups (broad SMARTS) is 1. The van der Waals surface area contributed by atoms with Gasteiger partial charge in [-0.3, -0.25) is 4.79 Å². The van der Waals surface area contributed by atoms with Gasteiger partial charge in [0.05, 0.1) is 5.52 Å². The van der Waals surface area contributed by atoms with Crippen molar-refractivity contribution in [3.63, 3.8) is 0 Å². The van der Waals surface area contributed by atoms with Crippen LogP contribution in [0.2, 0.25) is 0 Å². The van der Waals surface area contributed by atoms with Crippen molar-refractivity contribution in [3.05, 3.63) is 39.7 Å². The summed E-state index contributed by atoms with van der Waals surface area (Å²) in [7, 11) is 0. The number of aromatic amines is 1. The molecule has 5 heteroatoms. The number of carboxylic acids is 1. The third-order valence-corrected chi connectivity index (χ3v) is 2.34. The molecular formula is C11H9NO4. The van der Waals surface area contributed by atoms with Gasteiger partial charge in [-0.1, -0.05) is 0 Å². The molecule has 2 rings (SSSR count). The van der Waals surface area contributed by atoms with Gasteiger partial charge >= 0.3 is 5.97 Å². The van der Waals surface area contributed by atoms with Gasteiger partial charge in [0.15, 0.2) is 11.2 Å². The van der Waals surface area contributed by atoms with Crippen molar-refractivity contribution in [1.82, 2.24) is 4.98 Å². The van der Waals surface area contributed by atoms with E-state index in [0.29, 0.717) is 5.69 Å². The quantitative estimate of drug-likeness (QED) is 0.673. The number of phenols is 1. The number of aromatic hydroxyl groups is 1. The number of benzene rings is 1. The van der Waals surface area contributed by atoms with E-state index in [-0.39, 0.29) is 21.9 Å². The average Bonchev–Trinajstić information content (AvgIpc) is 2.19. The maximum absolute atomic E-state index is 11.6. The van der Waals surface area contributed by atoms with Crippen molar-refractivity contribution in [2.75, 3.05) is 0 Å². The van der Waals surface area contributed by atoms with Crippen molar-refractivity contribution in [2.24, 2.45) is 0 Å². The molecule has 0 amide bonds. The van der Waals surface area contributed by atoms with E-state index in [1.165, 1.54) is 18.2 Å². The smallest absolute Gasteiger partial charge is 0.339 e. The van der Waals surface area contributed by atoms with Gasteiger partial charge in [0, 0.05) is 17.1 Å². The number of fused-ring (bicyclic) bond motifs is 1. The Morgan fingerprint density at radius 3 is 2.69 bits per heavy atom. The molecule has 2 aromatic rings. The van der Waals surface area contributed by atoms with E-state index in [4.69, 9.17) is 5.11 Å². The van der Waals surface area contributed by atoms with Crippen molar-refractivity contribution < 1.29 is 15.0 Å². The molecule has 5 nitrogen and oxygen atoms in total. The number of hydrogen-bond acceptors (Lipinski definition) is 3. The Balaban J connectivity index is 2.94. The summed E-state index contributed by atoms with van der Waals surface area (Å²) in [4.78, 5) is 25.1. The summed E-state index contributed by atoms with van der Waals surface area (Å²) in [5, 5.41) is 18.8. The first-order chi connectivity index (χ1) is 7.50. The maximum Gasteiger partial charge on any atom is 0.339 e. The van der Waals surface area contributed by atoms with Crippen LogP contribution in [-0.4, -0.2) is 21.2 Å². The monoisotopic (exact) mass is 219 g/mol. The number of rotatable bonds is 1. The minimum Gasteiger partial charge on any atom is -0.505 e. The lowest BCUT2D eigenvalue weighted by molar-refractivity contribution is 0.0694. The van der Waals surface area contributed by atoms with Crippen LogP contribution >= 0.6 is 0 Å². The molecule has 1 heterocycles. The standard InChI is InChI=1S/C11H9NO4/c1-5-4-8(13)6-2-3-7(11(15)16)10(14)9(6)12-5/h2-4,14H,1H3,(H,12,13)(H,15,16). The molecule has 82 valence electrons. The number of aryl methyl sites for hydroxylation is 1. The van der Waals surface area contributed by atoms with Crippen molar-refractivity contribution >= 4 is 16.9 Å². The third-order valence-electron chi connectivity index (χ3n) is 2.34. The SMILES string of the molecule is Cc1cc(=O)c2ccc(C(=O)O)c(O)c2[nH]1. The zero-order valence-corrected chi connectivity index (χ0v) is 8.44. The molecule has 1 aromatic carbocycles. The highest BCUT2D eigenvalue weighted by molar-refractivity contribution is 5.98. The van der Waals surface area contributed by atoms with Gasteiger partial charge in [0.25, 0.3) is 0 Å². The molecule has 1 aromatic heterocycles. The normalized spacial score (nSPS) is 10.6. The van der Waals surface area contributed by atoms with Crippen LogP contribution in [0.4, 0.5) is 0 Å². The molecule has 3 N–H and O–H groups in total. The predicted molar refractivity (Wildman–Crippen MR) is 57.9 cm³/mol. The van der Waals surface area contributed by atoms with E-state index < -0.39 is 11.7 Å². The second-order valence-corrected chi connectivity index (χ2v) is 3.51. The zero-order chi connectivity index (χ0) is 11.9. The summed E-state index contributed by atoms with van der Waals surface area (Å²) in [6, 6.07) is 3.99. The molecule has 0 fully saturated rings. The first-order valence-corrected chi connectivity index (χ1v) is 4.59. The van der Waals surface area contributed by atoms with E-state index in [1.807, 2.05) is 0 Å². The minimum absolute atomic E-state index is 0.157. The molecule has 16 heavy (non-hydrogen) atoms. The zero-order valence-electron chi connectivity index (χ0n) is 8.44. The molecule has 0 radical (unpaired) electrons. The third kappa shape index (κ3) is 1.42. The topological polar surface area (TPSA) is 90.4 Å². The number of H-pyrrole nitrogens is 1. The largest absolute Gasteiger partial charge is 0.505 e. The van der Waals surface area contributed by atoms with Gasteiger partial charge in [-0.25, -0.2) is 4.79 Å². The van der Waals surface area contributed by atoms with E-state index in [9.17, 15) is 14.7 Å². The van der Waals surface area contributed by atoms with Crippen molar-refractivity contribution in [2.45, 2.75) is 6.92 Å². The van der Waals surface area contributed by atoms with Crippen molar-refractivity contribution in [1.29, 1.82) is 0 Å². The first kappa shape index (κ1) is 10.2. The Hall–Kier alpha value is -2.30. The number of hydrogen-bond donors (Lipinski definition) is 3. The van der Waals surface area contributed by atoms with Gasteiger partial charge in [-0.05, 0) is 19.1 Å². The Bertz CT molecular complexity index is 642. The summed E-state index contributed by atoms with van der Waals surface area (Å²) >= 11 is 0. The van der Waals surface area contributed by atoms with E-state index in [1.54, 1.807) is 6.92 Å². The second-order valence-electron chi connectivity index (χ2n) is 3.51. The molecule has 0 aliphatic rings. The summed E-state index contributed by atoms with van der Waals surface area (Å²) in [5.41, 5.74) is 0.243. The fourth-order valence-corrected chi connectivity index (χ4v) is 1.60. The van der Waals surface area contributed by atoms with Gasteiger partial charge in [-0.2, -0.15) is 0 Å². The average molecular weight is 219 g/mol. The Morgan fingerprint density at radius 1 is 1.38 bits per heavy atom.